The fourth-order valence-corrected chi connectivity index (χ4v) is 2.51. The molecule has 0 unspecified atom stereocenters. The number of carbonyl (C=O) groups excluding carboxylic acids is 2. The number of hydrogen-bond donors (Lipinski definition) is 3. The van der Waals surface area contributed by atoms with Crippen LogP contribution in [0.5, 0.6) is 0 Å². The van der Waals surface area contributed by atoms with Crippen LogP contribution in [0.2, 0.25) is 5.02 Å². The predicted molar refractivity (Wildman–Crippen MR) is 104 cm³/mol. The van der Waals surface area contributed by atoms with Gasteiger partial charge in [-0.05, 0) is 35.2 Å². The predicted octanol–water partition coefficient (Wildman–Crippen LogP) is 3.41. The van der Waals surface area contributed by atoms with Crippen molar-refractivity contribution in [2.45, 2.75) is 32.9 Å². The highest BCUT2D eigenvalue weighted by Gasteiger charge is 2.05. The number of nitrogens with one attached hydrogen (secondary N) is 3. The lowest BCUT2D eigenvalue weighted by Gasteiger charge is -2.09. The lowest BCUT2D eigenvalue weighted by atomic mass is 10.1. The summed E-state index contributed by atoms with van der Waals surface area (Å²) in [4.78, 5) is 23.6. The molecule has 5 nitrogen and oxygen atoms in total. The van der Waals surface area contributed by atoms with Crippen molar-refractivity contribution in [3.8, 4) is 0 Å². The van der Waals surface area contributed by atoms with Crippen molar-refractivity contribution in [3.63, 3.8) is 0 Å². The molecule has 0 spiro atoms. The van der Waals surface area contributed by atoms with Gasteiger partial charge in [0.25, 0.3) is 0 Å². The second-order valence-corrected chi connectivity index (χ2v) is 6.45. The summed E-state index contributed by atoms with van der Waals surface area (Å²) in [7, 11) is 0. The minimum Gasteiger partial charge on any atom is -0.352 e. The molecule has 0 saturated heterocycles. The Morgan fingerprint density at radius 2 is 1.54 bits per heavy atom. The summed E-state index contributed by atoms with van der Waals surface area (Å²) >= 11 is 5.84. The highest BCUT2D eigenvalue weighted by Crippen LogP contribution is 2.10. The molecule has 138 valence electrons. The Balaban J connectivity index is 1.79. The molecule has 0 saturated carbocycles. The van der Waals surface area contributed by atoms with E-state index in [1.54, 1.807) is 12.1 Å². The highest BCUT2D eigenvalue weighted by molar-refractivity contribution is 6.30. The minimum absolute atomic E-state index is 0.0465. The third-order valence-electron chi connectivity index (χ3n) is 3.75. The number of amides is 3. The van der Waals surface area contributed by atoms with Crippen LogP contribution in [-0.2, 0) is 24.3 Å². The van der Waals surface area contributed by atoms with Crippen molar-refractivity contribution in [1.82, 2.24) is 16.0 Å². The van der Waals surface area contributed by atoms with Crippen LogP contribution in [0.3, 0.4) is 0 Å². The van der Waals surface area contributed by atoms with Gasteiger partial charge in [0.15, 0.2) is 0 Å². The van der Waals surface area contributed by atoms with Crippen LogP contribution in [0, 0.1) is 0 Å². The van der Waals surface area contributed by atoms with Gasteiger partial charge in [-0.2, -0.15) is 0 Å². The van der Waals surface area contributed by atoms with E-state index < -0.39 is 0 Å². The Bertz CT molecular complexity index is 732. The molecule has 0 aliphatic heterocycles. The van der Waals surface area contributed by atoms with Gasteiger partial charge in [-0.25, -0.2) is 4.79 Å². The summed E-state index contributed by atoms with van der Waals surface area (Å²) in [5, 5.41) is 9.15. The quantitative estimate of drug-likeness (QED) is 0.663. The average Bonchev–Trinajstić information content (AvgIpc) is 2.65. The first kappa shape index (κ1) is 19.8. The van der Waals surface area contributed by atoms with Crippen LogP contribution >= 0.6 is 11.6 Å². The van der Waals surface area contributed by atoms with Gasteiger partial charge in [-0.3, -0.25) is 4.79 Å². The van der Waals surface area contributed by atoms with Crippen molar-refractivity contribution in [3.05, 3.63) is 70.2 Å². The zero-order valence-electron chi connectivity index (χ0n) is 14.8. The second-order valence-electron chi connectivity index (χ2n) is 6.01. The molecule has 0 fully saturated rings. The van der Waals surface area contributed by atoms with Crippen molar-refractivity contribution in [2.75, 3.05) is 6.54 Å². The second kappa shape index (κ2) is 10.5. The standard InChI is InChI=1S/C20H24ClN3O2/c1-2-10-22-20(26)24-14-17-5-3-4-16(11-17)13-23-19(25)12-15-6-8-18(21)9-7-15/h3-9,11H,2,10,12-14H2,1H3,(H,23,25)(H2,22,24,26). The van der Waals surface area contributed by atoms with E-state index in [2.05, 4.69) is 16.0 Å². The van der Waals surface area contributed by atoms with E-state index in [9.17, 15) is 9.59 Å². The maximum Gasteiger partial charge on any atom is 0.315 e. The Morgan fingerprint density at radius 3 is 2.19 bits per heavy atom. The Labute approximate surface area is 159 Å². The minimum atomic E-state index is -0.173. The summed E-state index contributed by atoms with van der Waals surface area (Å²) in [6.45, 7) is 3.56. The van der Waals surface area contributed by atoms with Crippen LogP contribution in [0.25, 0.3) is 0 Å². The van der Waals surface area contributed by atoms with Gasteiger partial charge in [-0.15, -0.1) is 0 Å². The zero-order valence-corrected chi connectivity index (χ0v) is 15.6. The third kappa shape index (κ3) is 7.15. The summed E-state index contributed by atoms with van der Waals surface area (Å²) in [6.07, 6.45) is 1.22. The smallest absolute Gasteiger partial charge is 0.315 e. The molecule has 0 atom stereocenters. The number of urea groups is 1. The van der Waals surface area contributed by atoms with Crippen molar-refractivity contribution in [2.24, 2.45) is 0 Å². The molecule has 2 aromatic carbocycles. The van der Waals surface area contributed by atoms with Crippen LogP contribution < -0.4 is 16.0 Å². The van der Waals surface area contributed by atoms with E-state index in [-0.39, 0.29) is 11.9 Å². The van der Waals surface area contributed by atoms with Gasteiger partial charge in [-0.1, -0.05) is 54.9 Å². The lowest BCUT2D eigenvalue weighted by molar-refractivity contribution is -0.120. The first-order valence-electron chi connectivity index (χ1n) is 8.67. The molecule has 3 amide bonds. The molecule has 26 heavy (non-hydrogen) atoms. The molecule has 6 heteroatoms. The average molecular weight is 374 g/mol. The van der Waals surface area contributed by atoms with Gasteiger partial charge < -0.3 is 16.0 Å². The SMILES string of the molecule is CCCNC(=O)NCc1cccc(CNC(=O)Cc2ccc(Cl)cc2)c1. The number of carbonyl (C=O) groups is 2. The van der Waals surface area contributed by atoms with E-state index in [0.29, 0.717) is 31.1 Å². The highest BCUT2D eigenvalue weighted by atomic mass is 35.5. The van der Waals surface area contributed by atoms with E-state index >= 15 is 0 Å². The van der Waals surface area contributed by atoms with Gasteiger partial charge in [0.05, 0.1) is 6.42 Å². The molecule has 2 rings (SSSR count). The maximum atomic E-state index is 12.1. The van der Waals surface area contributed by atoms with Crippen LogP contribution in [0.4, 0.5) is 4.79 Å². The molecule has 0 aliphatic carbocycles. The van der Waals surface area contributed by atoms with Crippen molar-refractivity contribution < 1.29 is 9.59 Å². The van der Waals surface area contributed by atoms with Gasteiger partial charge >= 0.3 is 6.03 Å². The Morgan fingerprint density at radius 1 is 0.885 bits per heavy atom. The molecule has 0 bridgehead atoms. The van der Waals surface area contributed by atoms with Crippen LogP contribution in [-0.4, -0.2) is 18.5 Å². The Hall–Kier alpha value is -2.53. The molecule has 0 aromatic heterocycles. The molecule has 0 aliphatic rings. The normalized spacial score (nSPS) is 10.2. The number of rotatable bonds is 8. The fourth-order valence-electron chi connectivity index (χ4n) is 2.38. The topological polar surface area (TPSA) is 70.2 Å². The number of hydrogen-bond acceptors (Lipinski definition) is 2. The largest absolute Gasteiger partial charge is 0.352 e. The fraction of sp³-hybridized carbons (Fsp3) is 0.300. The van der Waals surface area contributed by atoms with E-state index in [1.807, 2.05) is 43.3 Å². The Kier molecular flexibility index (Phi) is 7.96. The number of halogens is 1. The zero-order chi connectivity index (χ0) is 18.8. The molecular formula is C20H24ClN3O2. The van der Waals surface area contributed by atoms with Crippen LogP contribution in [0.15, 0.2) is 48.5 Å². The summed E-state index contributed by atoms with van der Waals surface area (Å²) < 4.78 is 0. The molecule has 0 heterocycles. The van der Waals surface area contributed by atoms with Crippen molar-refractivity contribution in [1.29, 1.82) is 0 Å². The number of benzene rings is 2. The van der Waals surface area contributed by atoms with Crippen molar-refractivity contribution >= 4 is 23.5 Å². The lowest BCUT2D eigenvalue weighted by Crippen LogP contribution is -2.35. The van der Waals surface area contributed by atoms with E-state index in [4.69, 9.17) is 11.6 Å². The molecule has 2 aromatic rings. The molecular weight excluding hydrogens is 350 g/mol. The van der Waals surface area contributed by atoms with Gasteiger partial charge in [0, 0.05) is 24.7 Å². The molecule has 0 radical (unpaired) electrons. The summed E-state index contributed by atoms with van der Waals surface area (Å²) in [5.74, 6) is -0.0465. The molecule has 3 N–H and O–H groups in total. The summed E-state index contributed by atoms with van der Waals surface area (Å²) in [6, 6.07) is 14.9. The monoisotopic (exact) mass is 373 g/mol. The van der Waals surface area contributed by atoms with Gasteiger partial charge in [0.2, 0.25) is 5.91 Å². The third-order valence-corrected chi connectivity index (χ3v) is 4.00. The van der Waals surface area contributed by atoms with Crippen LogP contribution in [0.1, 0.15) is 30.0 Å². The van der Waals surface area contributed by atoms with Gasteiger partial charge in [0.1, 0.15) is 0 Å². The maximum absolute atomic E-state index is 12.1. The van der Waals surface area contributed by atoms with E-state index in [0.717, 1.165) is 23.1 Å². The van der Waals surface area contributed by atoms with E-state index in [1.165, 1.54) is 0 Å². The first-order valence-corrected chi connectivity index (χ1v) is 9.05. The first-order chi connectivity index (χ1) is 12.6. The summed E-state index contributed by atoms with van der Waals surface area (Å²) in [5.41, 5.74) is 2.90.